The maximum atomic E-state index is 11.7. The predicted octanol–water partition coefficient (Wildman–Crippen LogP) is 0.904. The van der Waals surface area contributed by atoms with Crippen molar-refractivity contribution in [1.82, 2.24) is 5.32 Å². The fourth-order valence-electron chi connectivity index (χ4n) is 1.62. The number of hydrogen-bond acceptors (Lipinski definition) is 5. The zero-order valence-corrected chi connectivity index (χ0v) is 12.7. The number of esters is 1. The van der Waals surface area contributed by atoms with Crippen molar-refractivity contribution in [2.45, 2.75) is 52.0 Å². The summed E-state index contributed by atoms with van der Waals surface area (Å²) in [6.45, 7) is 2.98. The summed E-state index contributed by atoms with van der Waals surface area (Å²) < 4.78 is 4.48. The first kappa shape index (κ1) is 19.1. The Morgan fingerprint density at radius 2 is 1.67 bits per heavy atom. The lowest BCUT2D eigenvalue weighted by molar-refractivity contribution is -0.143. The molecule has 1 amide bonds. The molecule has 0 aliphatic carbocycles. The minimum absolute atomic E-state index is 0.112. The van der Waals surface area contributed by atoms with Crippen LogP contribution in [0.3, 0.4) is 0 Å². The van der Waals surface area contributed by atoms with E-state index in [2.05, 4.69) is 10.1 Å². The van der Waals surface area contributed by atoms with Crippen LogP contribution < -0.4 is 5.32 Å². The monoisotopic (exact) mass is 301 g/mol. The molecule has 2 N–H and O–H groups in total. The molecule has 0 heterocycles. The molecule has 0 rings (SSSR count). The van der Waals surface area contributed by atoms with E-state index in [-0.39, 0.29) is 36.9 Å². The van der Waals surface area contributed by atoms with Gasteiger partial charge in [-0.25, -0.2) is 0 Å². The van der Waals surface area contributed by atoms with Gasteiger partial charge in [0.25, 0.3) is 0 Å². The van der Waals surface area contributed by atoms with Gasteiger partial charge in [-0.2, -0.15) is 0 Å². The van der Waals surface area contributed by atoms with E-state index in [1.54, 1.807) is 0 Å². The number of carboxylic acids is 1. The molecule has 0 aromatic carbocycles. The Hall–Kier alpha value is -1.92. The second kappa shape index (κ2) is 9.90. The van der Waals surface area contributed by atoms with E-state index >= 15 is 0 Å². The fourth-order valence-corrected chi connectivity index (χ4v) is 1.62. The summed E-state index contributed by atoms with van der Waals surface area (Å²) in [4.78, 5) is 44.8. The molecule has 0 unspecified atom stereocenters. The van der Waals surface area contributed by atoms with Crippen molar-refractivity contribution in [3.05, 3.63) is 0 Å². The van der Waals surface area contributed by atoms with Crippen LogP contribution in [0.25, 0.3) is 0 Å². The van der Waals surface area contributed by atoms with Gasteiger partial charge in [0.2, 0.25) is 5.91 Å². The number of nitrogens with one attached hydrogen (secondary N) is 1. The van der Waals surface area contributed by atoms with Gasteiger partial charge >= 0.3 is 11.9 Å². The minimum atomic E-state index is -1.04. The predicted molar refractivity (Wildman–Crippen MR) is 74.5 cm³/mol. The normalized spacial score (nSPS) is 13.1. The molecule has 0 aliphatic heterocycles. The summed E-state index contributed by atoms with van der Waals surface area (Å²) in [5.41, 5.74) is 0. The quantitative estimate of drug-likeness (QED) is 0.458. The molecule has 0 bridgehead atoms. The maximum Gasteiger partial charge on any atom is 0.306 e. The van der Waals surface area contributed by atoms with Crippen LogP contribution in [0.1, 0.15) is 46.0 Å². The molecule has 0 spiro atoms. The smallest absolute Gasteiger partial charge is 0.306 e. The summed E-state index contributed by atoms with van der Waals surface area (Å²) in [5.74, 6) is -2.72. The molecule has 0 saturated carbocycles. The van der Waals surface area contributed by atoms with Crippen molar-refractivity contribution >= 4 is 23.6 Å². The summed E-state index contributed by atoms with van der Waals surface area (Å²) in [7, 11) is 1.31. The molecular formula is C14H23NO6. The highest BCUT2D eigenvalue weighted by Gasteiger charge is 2.21. The van der Waals surface area contributed by atoms with E-state index in [0.29, 0.717) is 12.8 Å². The third kappa shape index (κ3) is 8.78. The molecule has 0 aliphatic rings. The number of unbranched alkanes of at least 4 members (excludes halogenated alkanes) is 1. The number of ether oxygens (including phenoxy) is 1. The second-order valence-electron chi connectivity index (χ2n) is 4.98. The van der Waals surface area contributed by atoms with Crippen LogP contribution in [0.2, 0.25) is 0 Å². The van der Waals surface area contributed by atoms with Crippen LogP contribution in [0.4, 0.5) is 0 Å². The number of amides is 1. The Labute approximate surface area is 124 Å². The highest BCUT2D eigenvalue weighted by atomic mass is 16.5. The van der Waals surface area contributed by atoms with Crippen molar-refractivity contribution in [1.29, 1.82) is 0 Å². The number of carbonyl (C=O) groups excluding carboxylic acids is 3. The number of Topliss-reactive ketones (excluding diaryl/α,β-unsaturated/α-hetero) is 1. The molecule has 7 nitrogen and oxygen atoms in total. The van der Waals surface area contributed by atoms with Gasteiger partial charge in [0.1, 0.15) is 0 Å². The Morgan fingerprint density at radius 3 is 2.19 bits per heavy atom. The number of carboxylic acid groups (broad SMARTS) is 1. The van der Waals surface area contributed by atoms with Gasteiger partial charge in [0.05, 0.1) is 19.1 Å². The van der Waals surface area contributed by atoms with Gasteiger partial charge in [0, 0.05) is 19.3 Å². The Balaban J connectivity index is 3.95. The Bertz CT molecular complexity index is 393. The van der Waals surface area contributed by atoms with Gasteiger partial charge in [-0.05, 0) is 19.8 Å². The largest absolute Gasteiger partial charge is 0.481 e. The van der Waals surface area contributed by atoms with E-state index in [1.165, 1.54) is 21.0 Å². The van der Waals surface area contributed by atoms with Gasteiger partial charge in [-0.3, -0.25) is 19.2 Å². The third-order valence-corrected chi connectivity index (χ3v) is 3.05. The lowest BCUT2D eigenvalue weighted by atomic mass is 10.0. The number of carbonyl (C=O) groups is 4. The topological polar surface area (TPSA) is 110 Å². The van der Waals surface area contributed by atoms with Crippen LogP contribution >= 0.6 is 0 Å². The van der Waals surface area contributed by atoms with Gasteiger partial charge in [-0.15, -0.1) is 0 Å². The number of rotatable bonds is 10. The standard InChI is InChI=1S/C14H23NO6/c1-9(14(19)20)8-11(16)10(2)15-12(17)6-4-5-7-13(18)21-3/h9-10H,4-8H2,1-3H3,(H,15,17)(H,19,20)/t9-,10-/m0/s1. The first-order valence-corrected chi connectivity index (χ1v) is 6.89. The molecule has 21 heavy (non-hydrogen) atoms. The number of hydrogen-bond donors (Lipinski definition) is 2. The molecule has 0 radical (unpaired) electrons. The molecule has 120 valence electrons. The van der Waals surface area contributed by atoms with Crippen molar-refractivity contribution in [2.75, 3.05) is 7.11 Å². The number of methoxy groups -OCH3 is 1. The van der Waals surface area contributed by atoms with Crippen molar-refractivity contribution in [3.63, 3.8) is 0 Å². The molecular weight excluding hydrogens is 278 g/mol. The molecule has 0 fully saturated rings. The summed E-state index contributed by atoms with van der Waals surface area (Å²) in [5, 5.41) is 11.3. The van der Waals surface area contributed by atoms with Gasteiger partial charge < -0.3 is 15.2 Å². The zero-order valence-electron chi connectivity index (χ0n) is 12.7. The summed E-state index contributed by atoms with van der Waals surface area (Å²) in [6.07, 6.45) is 1.42. The first-order chi connectivity index (χ1) is 9.77. The molecule has 7 heteroatoms. The summed E-state index contributed by atoms with van der Waals surface area (Å²) >= 11 is 0. The Morgan fingerprint density at radius 1 is 1.10 bits per heavy atom. The van der Waals surface area contributed by atoms with Crippen LogP contribution in [0.15, 0.2) is 0 Å². The van der Waals surface area contributed by atoms with Crippen molar-refractivity contribution in [2.24, 2.45) is 5.92 Å². The molecule has 0 saturated heterocycles. The highest BCUT2D eigenvalue weighted by Crippen LogP contribution is 2.06. The maximum absolute atomic E-state index is 11.7. The average Bonchev–Trinajstić information content (AvgIpc) is 2.42. The van der Waals surface area contributed by atoms with Crippen LogP contribution in [0, 0.1) is 5.92 Å². The highest BCUT2D eigenvalue weighted by molar-refractivity contribution is 5.90. The van der Waals surface area contributed by atoms with Crippen LogP contribution in [-0.4, -0.2) is 41.9 Å². The van der Waals surface area contributed by atoms with Gasteiger partial charge in [0.15, 0.2) is 5.78 Å². The lowest BCUT2D eigenvalue weighted by Gasteiger charge is -2.14. The van der Waals surface area contributed by atoms with Crippen LogP contribution in [0.5, 0.6) is 0 Å². The lowest BCUT2D eigenvalue weighted by Crippen LogP contribution is -2.39. The zero-order chi connectivity index (χ0) is 16.4. The van der Waals surface area contributed by atoms with E-state index in [9.17, 15) is 19.2 Å². The second-order valence-corrected chi connectivity index (χ2v) is 4.98. The van der Waals surface area contributed by atoms with E-state index in [0.717, 1.165) is 0 Å². The molecule has 0 aromatic heterocycles. The summed E-state index contributed by atoms with van der Waals surface area (Å²) in [6, 6.07) is -0.708. The third-order valence-electron chi connectivity index (χ3n) is 3.05. The van der Waals surface area contributed by atoms with E-state index in [4.69, 9.17) is 5.11 Å². The minimum Gasteiger partial charge on any atom is -0.481 e. The van der Waals surface area contributed by atoms with E-state index < -0.39 is 17.9 Å². The fraction of sp³-hybridized carbons (Fsp3) is 0.714. The first-order valence-electron chi connectivity index (χ1n) is 6.89. The Kier molecular flexibility index (Phi) is 9.00. The molecule has 0 aromatic rings. The van der Waals surface area contributed by atoms with Crippen LogP contribution in [-0.2, 0) is 23.9 Å². The SMILES string of the molecule is COC(=O)CCCCC(=O)N[C@@H](C)C(=O)C[C@H](C)C(=O)O. The van der Waals surface area contributed by atoms with Gasteiger partial charge in [-0.1, -0.05) is 6.92 Å². The van der Waals surface area contributed by atoms with Crippen molar-refractivity contribution < 1.29 is 29.0 Å². The van der Waals surface area contributed by atoms with E-state index in [1.807, 2.05) is 0 Å². The number of aliphatic carboxylic acids is 1. The average molecular weight is 301 g/mol. The number of ketones is 1. The molecule has 2 atom stereocenters. The van der Waals surface area contributed by atoms with Crippen molar-refractivity contribution in [3.8, 4) is 0 Å².